The maximum Gasteiger partial charge on any atom is 0.308 e. The molecule has 102 valence electrons. The second-order valence-electron chi connectivity index (χ2n) is 4.23. The summed E-state index contributed by atoms with van der Waals surface area (Å²) >= 11 is 1.62. The highest BCUT2D eigenvalue weighted by Gasteiger charge is 2.08. The Hall–Kier alpha value is -1.40. The van der Waals surface area contributed by atoms with Gasteiger partial charge in [0.15, 0.2) is 0 Å². The normalized spacial score (nSPS) is 11.3. The molecule has 19 heavy (non-hydrogen) atoms. The lowest BCUT2D eigenvalue weighted by Crippen LogP contribution is -2.03. The maximum absolute atomic E-state index is 11.0. The number of unbranched alkanes of at least 4 members (excludes halogenated alkanes) is 2. The van der Waals surface area contributed by atoms with E-state index in [4.69, 9.17) is 4.74 Å². The van der Waals surface area contributed by atoms with Crippen LogP contribution in [0.15, 0.2) is 29.2 Å². The van der Waals surface area contributed by atoms with Crippen molar-refractivity contribution >= 4 is 17.7 Å². The van der Waals surface area contributed by atoms with Crippen molar-refractivity contribution in [2.45, 2.75) is 50.2 Å². The predicted molar refractivity (Wildman–Crippen MR) is 80.4 cm³/mol. The molecule has 0 heterocycles. The van der Waals surface area contributed by atoms with Gasteiger partial charge in [-0.3, -0.25) is 4.79 Å². The van der Waals surface area contributed by atoms with Gasteiger partial charge in [0, 0.05) is 13.3 Å². The molecule has 2 nitrogen and oxygen atoms in total. The Morgan fingerprint density at radius 2 is 2.16 bits per heavy atom. The molecule has 0 fully saturated rings. The molecule has 0 aliphatic carbocycles. The maximum atomic E-state index is 11.0. The van der Waals surface area contributed by atoms with Crippen LogP contribution in [-0.2, 0) is 4.79 Å². The number of rotatable bonds is 5. The van der Waals surface area contributed by atoms with Gasteiger partial charge >= 0.3 is 5.97 Å². The summed E-state index contributed by atoms with van der Waals surface area (Å²) in [5.41, 5.74) is 0. The Balaban J connectivity index is 2.64. The zero-order valence-corrected chi connectivity index (χ0v) is 12.5. The molecule has 0 aliphatic heterocycles. The molecule has 0 bridgehead atoms. The fourth-order valence-corrected chi connectivity index (χ4v) is 2.39. The van der Waals surface area contributed by atoms with Crippen molar-refractivity contribution < 1.29 is 9.53 Å². The van der Waals surface area contributed by atoms with Crippen LogP contribution < -0.4 is 4.74 Å². The Labute approximate surface area is 119 Å². The van der Waals surface area contributed by atoms with E-state index in [2.05, 4.69) is 25.7 Å². The van der Waals surface area contributed by atoms with Crippen LogP contribution in [-0.4, -0.2) is 11.2 Å². The summed E-state index contributed by atoms with van der Waals surface area (Å²) in [4.78, 5) is 12.0. The Morgan fingerprint density at radius 1 is 1.42 bits per heavy atom. The SMILES string of the molecule is CCCCC#C[C@@H](C)Sc1ccccc1OC(C)=O. The van der Waals surface area contributed by atoms with Gasteiger partial charge in [-0.15, -0.1) is 17.7 Å². The van der Waals surface area contributed by atoms with Gasteiger partial charge in [0.25, 0.3) is 0 Å². The average molecular weight is 276 g/mol. The number of carbonyl (C=O) groups excluding carboxylic acids is 1. The highest BCUT2D eigenvalue weighted by atomic mass is 32.2. The summed E-state index contributed by atoms with van der Waals surface area (Å²) in [7, 11) is 0. The number of benzene rings is 1. The third kappa shape index (κ3) is 6.35. The summed E-state index contributed by atoms with van der Waals surface area (Å²) in [6.45, 7) is 5.64. The monoisotopic (exact) mass is 276 g/mol. The van der Waals surface area contributed by atoms with E-state index in [1.54, 1.807) is 17.8 Å². The second-order valence-corrected chi connectivity index (χ2v) is 5.61. The van der Waals surface area contributed by atoms with Gasteiger partial charge in [-0.2, -0.15) is 0 Å². The van der Waals surface area contributed by atoms with Crippen LogP contribution in [0.4, 0.5) is 0 Å². The van der Waals surface area contributed by atoms with E-state index >= 15 is 0 Å². The van der Waals surface area contributed by atoms with Gasteiger partial charge in [0.2, 0.25) is 0 Å². The molecule has 3 heteroatoms. The van der Waals surface area contributed by atoms with Crippen LogP contribution in [0.5, 0.6) is 5.75 Å². The Morgan fingerprint density at radius 3 is 2.84 bits per heavy atom. The van der Waals surface area contributed by atoms with E-state index in [1.807, 2.05) is 18.2 Å². The molecule has 1 aromatic rings. The van der Waals surface area contributed by atoms with Crippen LogP contribution in [0.3, 0.4) is 0 Å². The summed E-state index contributed by atoms with van der Waals surface area (Å²) in [6.07, 6.45) is 3.27. The molecule has 0 amide bonds. The molecule has 0 spiro atoms. The number of hydrogen-bond acceptors (Lipinski definition) is 3. The van der Waals surface area contributed by atoms with E-state index in [0.717, 1.165) is 17.7 Å². The van der Waals surface area contributed by atoms with Crippen LogP contribution in [0.25, 0.3) is 0 Å². The van der Waals surface area contributed by atoms with Crippen LogP contribution in [0.2, 0.25) is 0 Å². The van der Waals surface area contributed by atoms with Crippen LogP contribution in [0, 0.1) is 11.8 Å². The number of esters is 1. The van der Waals surface area contributed by atoms with Crippen molar-refractivity contribution in [1.82, 2.24) is 0 Å². The lowest BCUT2D eigenvalue weighted by atomic mass is 10.2. The lowest BCUT2D eigenvalue weighted by Gasteiger charge is -2.09. The highest BCUT2D eigenvalue weighted by molar-refractivity contribution is 8.00. The molecule has 0 aliphatic rings. The minimum atomic E-state index is -0.297. The van der Waals surface area contributed by atoms with Crippen molar-refractivity contribution in [3.05, 3.63) is 24.3 Å². The molecular weight excluding hydrogens is 256 g/mol. The molecule has 1 rings (SSSR count). The van der Waals surface area contributed by atoms with Crippen molar-refractivity contribution in [3.63, 3.8) is 0 Å². The molecule has 0 unspecified atom stereocenters. The standard InChI is InChI=1S/C16H20O2S/c1-4-5-6-7-10-13(2)19-16-12-9-8-11-15(16)18-14(3)17/h8-9,11-13H,4-6H2,1-3H3/t13-/m1/s1. The van der Waals surface area contributed by atoms with Crippen molar-refractivity contribution in [1.29, 1.82) is 0 Å². The molecule has 0 saturated carbocycles. The van der Waals surface area contributed by atoms with Crippen LogP contribution >= 0.6 is 11.8 Å². The summed E-state index contributed by atoms with van der Waals surface area (Å²) in [6, 6.07) is 7.56. The smallest absolute Gasteiger partial charge is 0.308 e. The highest BCUT2D eigenvalue weighted by Crippen LogP contribution is 2.31. The average Bonchev–Trinajstić information content (AvgIpc) is 2.36. The van der Waals surface area contributed by atoms with Crippen LogP contribution in [0.1, 0.15) is 40.0 Å². The first-order chi connectivity index (χ1) is 9.13. The Bertz CT molecular complexity index is 471. The van der Waals surface area contributed by atoms with Crippen molar-refractivity contribution in [3.8, 4) is 17.6 Å². The minimum absolute atomic E-state index is 0.188. The molecular formula is C16H20O2S. The minimum Gasteiger partial charge on any atom is -0.426 e. The number of thioether (sulfide) groups is 1. The largest absolute Gasteiger partial charge is 0.426 e. The van der Waals surface area contributed by atoms with Gasteiger partial charge in [0.1, 0.15) is 5.75 Å². The van der Waals surface area contributed by atoms with Crippen molar-refractivity contribution in [2.75, 3.05) is 0 Å². The Kier molecular flexibility index (Phi) is 7.14. The van der Waals surface area contributed by atoms with E-state index < -0.39 is 0 Å². The number of carbonyl (C=O) groups is 1. The zero-order valence-electron chi connectivity index (χ0n) is 11.7. The summed E-state index contributed by atoms with van der Waals surface area (Å²) < 4.78 is 5.18. The molecule has 0 radical (unpaired) electrons. The first-order valence-electron chi connectivity index (χ1n) is 6.56. The van der Waals surface area contributed by atoms with Gasteiger partial charge in [-0.1, -0.05) is 31.4 Å². The van der Waals surface area contributed by atoms with Gasteiger partial charge in [-0.05, 0) is 25.5 Å². The van der Waals surface area contributed by atoms with E-state index in [1.165, 1.54) is 13.3 Å². The molecule has 0 aromatic heterocycles. The molecule has 1 atom stereocenters. The van der Waals surface area contributed by atoms with Gasteiger partial charge in [-0.25, -0.2) is 0 Å². The summed E-state index contributed by atoms with van der Waals surface area (Å²) in [5.74, 6) is 6.72. The fraction of sp³-hybridized carbons (Fsp3) is 0.438. The lowest BCUT2D eigenvalue weighted by molar-refractivity contribution is -0.132. The third-order valence-corrected chi connectivity index (χ3v) is 3.43. The quantitative estimate of drug-likeness (QED) is 0.264. The zero-order chi connectivity index (χ0) is 14.1. The molecule has 0 saturated heterocycles. The predicted octanol–water partition coefficient (Wildman–Crippen LogP) is 4.29. The fourth-order valence-electron chi connectivity index (χ4n) is 1.49. The first-order valence-corrected chi connectivity index (χ1v) is 7.44. The summed E-state index contributed by atoms with van der Waals surface area (Å²) in [5, 5.41) is 0.188. The number of ether oxygens (including phenoxy) is 1. The van der Waals surface area contributed by atoms with E-state index in [0.29, 0.717) is 5.75 Å². The molecule has 0 N–H and O–H groups in total. The second kappa shape index (κ2) is 8.66. The number of hydrogen-bond donors (Lipinski definition) is 0. The third-order valence-electron chi connectivity index (χ3n) is 2.37. The van der Waals surface area contributed by atoms with E-state index in [-0.39, 0.29) is 11.2 Å². The van der Waals surface area contributed by atoms with Crippen molar-refractivity contribution in [2.24, 2.45) is 0 Å². The number of para-hydroxylation sites is 1. The van der Waals surface area contributed by atoms with Gasteiger partial charge < -0.3 is 4.74 Å². The van der Waals surface area contributed by atoms with Gasteiger partial charge in [0.05, 0.1) is 10.1 Å². The topological polar surface area (TPSA) is 26.3 Å². The van der Waals surface area contributed by atoms with E-state index in [9.17, 15) is 4.79 Å². The molecule has 1 aromatic carbocycles. The first kappa shape index (κ1) is 15.7.